The molecule has 2 N–H and O–H groups in total. The molecule has 32 heavy (non-hydrogen) atoms. The van der Waals surface area contributed by atoms with Crippen LogP contribution in [-0.2, 0) is 15.6 Å². The molecule has 0 aliphatic rings. The first kappa shape index (κ1) is 31.1. The number of aromatic hydroxyl groups is 1. The van der Waals surface area contributed by atoms with Crippen molar-refractivity contribution in [3.8, 4) is 5.75 Å². The van der Waals surface area contributed by atoms with E-state index in [9.17, 15) is 9.90 Å². The second-order valence-electron chi connectivity index (χ2n) is 12.0. The molecule has 5 heteroatoms. The zero-order valence-corrected chi connectivity index (χ0v) is 24.8. The van der Waals surface area contributed by atoms with Gasteiger partial charge in [0.25, 0.3) is 0 Å². The van der Waals surface area contributed by atoms with Gasteiger partial charge in [0, 0.05) is 16.9 Å². The molecule has 0 fully saturated rings. The van der Waals surface area contributed by atoms with Crippen molar-refractivity contribution in [2.24, 2.45) is 0 Å². The number of carbonyl (C=O) groups is 1. The molecule has 0 saturated carbocycles. The number of hydrogen-bond donors (Lipinski definition) is 2. The number of benzene rings is 1. The van der Waals surface area contributed by atoms with Crippen LogP contribution in [0.15, 0.2) is 17.0 Å². The first-order valence-electron chi connectivity index (χ1n) is 12.0. The highest BCUT2D eigenvalue weighted by atomic mass is 32.2. The van der Waals surface area contributed by atoms with Crippen molar-refractivity contribution < 1.29 is 15.0 Å². The minimum absolute atomic E-state index is 0.0218. The molecule has 0 aliphatic carbocycles. The molecular formula is C27H50O3SSi. The average Bonchev–Trinajstić information content (AvgIpc) is 2.60. The van der Waals surface area contributed by atoms with Gasteiger partial charge in [0.1, 0.15) is 5.75 Å². The molecule has 0 heterocycles. The van der Waals surface area contributed by atoms with E-state index in [0.29, 0.717) is 5.75 Å². The van der Waals surface area contributed by atoms with Gasteiger partial charge in [-0.25, -0.2) is 0 Å². The third kappa shape index (κ3) is 8.13. The number of hydrogen-bond acceptors (Lipinski definition) is 3. The van der Waals surface area contributed by atoms with E-state index in [2.05, 4.69) is 101 Å². The molecule has 3 nitrogen and oxygen atoms in total. The van der Waals surface area contributed by atoms with E-state index in [1.54, 1.807) is 6.92 Å². The molecule has 186 valence electrons. The molecule has 0 atom stereocenters. The topological polar surface area (TPSA) is 57.5 Å². The third-order valence-electron chi connectivity index (χ3n) is 6.72. The van der Waals surface area contributed by atoms with Crippen molar-refractivity contribution in [3.63, 3.8) is 0 Å². The summed E-state index contributed by atoms with van der Waals surface area (Å²) in [6, 6.07) is 4.31. The average molecular weight is 483 g/mol. The van der Waals surface area contributed by atoms with E-state index >= 15 is 0 Å². The lowest BCUT2D eigenvalue weighted by Gasteiger charge is -2.43. The monoisotopic (exact) mass is 482 g/mol. The molecule has 0 aromatic heterocycles. The number of phenolic OH excluding ortho intramolecular Hbond substituents is 1. The maximum absolute atomic E-state index is 10.7. The molecule has 0 radical (unpaired) electrons. The van der Waals surface area contributed by atoms with Crippen LogP contribution in [0.5, 0.6) is 5.75 Å². The molecule has 0 amide bonds. The Kier molecular flexibility index (Phi) is 11.6. The largest absolute Gasteiger partial charge is 0.508 e. The zero-order chi connectivity index (χ0) is 25.7. The second-order valence-corrected chi connectivity index (χ2v) is 19.6. The van der Waals surface area contributed by atoms with Gasteiger partial charge in [0.15, 0.2) is 0 Å². The SMILES string of the molecule is CC(C)[Si](CSc1cc(C(C)(C)C)c(O)cc1C(C)(C)C)(C(C)C)C(C)C.CCC(=O)O. The maximum Gasteiger partial charge on any atom is 0.303 e. The van der Waals surface area contributed by atoms with E-state index in [0.717, 1.165) is 22.2 Å². The number of aliphatic carboxylic acids is 1. The summed E-state index contributed by atoms with van der Waals surface area (Å²) in [6.45, 7) is 29.5. The van der Waals surface area contributed by atoms with Gasteiger partial charge in [0.2, 0.25) is 0 Å². The first-order valence-corrected chi connectivity index (χ1v) is 15.5. The summed E-state index contributed by atoms with van der Waals surface area (Å²) in [5.74, 6) is -0.304. The Morgan fingerprint density at radius 1 is 0.875 bits per heavy atom. The van der Waals surface area contributed by atoms with Crippen molar-refractivity contribution in [2.75, 3.05) is 5.38 Å². The van der Waals surface area contributed by atoms with Crippen LogP contribution in [0.3, 0.4) is 0 Å². The van der Waals surface area contributed by atoms with Gasteiger partial charge in [-0.05, 0) is 50.5 Å². The van der Waals surface area contributed by atoms with E-state index in [4.69, 9.17) is 5.11 Å². The molecule has 0 saturated heterocycles. The Bertz CT molecular complexity index is 719. The Morgan fingerprint density at radius 2 is 1.25 bits per heavy atom. The van der Waals surface area contributed by atoms with Gasteiger partial charge in [-0.2, -0.15) is 0 Å². The van der Waals surface area contributed by atoms with E-state index in [1.165, 1.54) is 15.8 Å². The van der Waals surface area contributed by atoms with Crippen LogP contribution in [0.2, 0.25) is 16.6 Å². The minimum Gasteiger partial charge on any atom is -0.508 e. The van der Waals surface area contributed by atoms with Gasteiger partial charge in [-0.1, -0.05) is 90.0 Å². The van der Waals surface area contributed by atoms with Crippen LogP contribution in [-0.4, -0.2) is 29.6 Å². The van der Waals surface area contributed by atoms with Crippen molar-refractivity contribution in [1.29, 1.82) is 0 Å². The third-order valence-corrected chi connectivity index (χ3v) is 16.4. The molecular weight excluding hydrogens is 432 g/mol. The summed E-state index contributed by atoms with van der Waals surface area (Å²) >= 11 is 2.06. The highest BCUT2D eigenvalue weighted by molar-refractivity contribution is 8.01. The normalized spacial score (nSPS) is 12.9. The fourth-order valence-electron chi connectivity index (χ4n) is 4.58. The maximum atomic E-state index is 10.7. The van der Waals surface area contributed by atoms with Crippen LogP contribution >= 0.6 is 11.8 Å². The Morgan fingerprint density at radius 3 is 1.53 bits per heavy atom. The van der Waals surface area contributed by atoms with Crippen molar-refractivity contribution >= 4 is 25.8 Å². The second kappa shape index (κ2) is 12.0. The van der Waals surface area contributed by atoms with E-state index in [-0.39, 0.29) is 17.3 Å². The summed E-state index contributed by atoms with van der Waals surface area (Å²) in [7, 11) is -1.47. The van der Waals surface area contributed by atoms with Crippen molar-refractivity contribution in [2.45, 2.75) is 129 Å². The lowest BCUT2D eigenvalue weighted by atomic mass is 9.81. The van der Waals surface area contributed by atoms with Crippen LogP contribution < -0.4 is 0 Å². The van der Waals surface area contributed by atoms with Gasteiger partial charge >= 0.3 is 5.97 Å². The van der Waals surface area contributed by atoms with Crippen LogP contribution in [0.1, 0.15) is 108 Å². The molecule has 0 spiro atoms. The van der Waals surface area contributed by atoms with Crippen molar-refractivity contribution in [3.05, 3.63) is 23.3 Å². The van der Waals surface area contributed by atoms with Gasteiger partial charge < -0.3 is 10.2 Å². The molecule has 0 unspecified atom stereocenters. The van der Waals surface area contributed by atoms with Crippen LogP contribution in [0, 0.1) is 0 Å². The molecule has 1 rings (SSSR count). The smallest absolute Gasteiger partial charge is 0.303 e. The quantitative estimate of drug-likeness (QED) is 0.301. The predicted molar refractivity (Wildman–Crippen MR) is 145 cm³/mol. The highest BCUT2D eigenvalue weighted by Crippen LogP contribution is 2.47. The number of rotatable bonds is 7. The summed E-state index contributed by atoms with van der Waals surface area (Å²) in [6.07, 6.45) is 0.222. The summed E-state index contributed by atoms with van der Waals surface area (Å²) in [4.78, 5) is 10.7. The molecule has 0 aliphatic heterocycles. The minimum atomic E-state index is -1.47. The Balaban J connectivity index is 0.00000172. The number of carboxylic acid groups (broad SMARTS) is 1. The van der Waals surface area contributed by atoms with Crippen LogP contribution in [0.25, 0.3) is 0 Å². The standard InChI is InChI=1S/C24H44OSSi.C3H6O2/c1-16(2)27(17(3)4,18(5)6)15-26-22-14-19(23(7,8)9)21(25)13-20(22)24(10,11)12;1-2-3(4)5/h13-14,16-18,25H,15H2,1-12H3;2H2,1H3,(H,4,5). The Labute approximate surface area is 203 Å². The van der Waals surface area contributed by atoms with Crippen molar-refractivity contribution in [1.82, 2.24) is 0 Å². The number of thioether (sulfide) groups is 1. The summed E-state index contributed by atoms with van der Waals surface area (Å²) in [5, 5.41) is 19.7. The van der Waals surface area contributed by atoms with Gasteiger partial charge in [-0.3, -0.25) is 4.79 Å². The molecule has 1 aromatic carbocycles. The number of phenols is 1. The predicted octanol–water partition coefficient (Wildman–Crippen LogP) is 8.78. The fourth-order valence-corrected chi connectivity index (χ4v) is 14.9. The molecule has 1 aromatic rings. The summed E-state index contributed by atoms with van der Waals surface area (Å²) < 4.78 is 0. The lowest BCUT2D eigenvalue weighted by Crippen LogP contribution is -2.47. The Hall–Kier alpha value is -0.943. The van der Waals surface area contributed by atoms with E-state index < -0.39 is 14.0 Å². The van der Waals surface area contributed by atoms with Crippen LogP contribution in [0.4, 0.5) is 0 Å². The first-order chi connectivity index (χ1) is 14.3. The lowest BCUT2D eigenvalue weighted by molar-refractivity contribution is -0.136. The fraction of sp³-hybridized carbons (Fsp3) is 0.741. The highest BCUT2D eigenvalue weighted by Gasteiger charge is 2.42. The van der Waals surface area contributed by atoms with Gasteiger partial charge in [-0.15, -0.1) is 11.8 Å². The zero-order valence-electron chi connectivity index (χ0n) is 23.0. The van der Waals surface area contributed by atoms with E-state index in [1.807, 2.05) is 6.07 Å². The molecule has 0 bridgehead atoms. The number of carboxylic acids is 1. The summed E-state index contributed by atoms with van der Waals surface area (Å²) in [5.41, 5.74) is 4.60. The van der Waals surface area contributed by atoms with Gasteiger partial charge in [0.05, 0.1) is 8.07 Å².